The molecule has 0 bridgehead atoms. The van der Waals surface area contributed by atoms with E-state index < -0.39 is 0 Å². The zero-order valence-corrected chi connectivity index (χ0v) is 10.1. The monoisotopic (exact) mass is 244 g/mol. The first-order chi connectivity index (χ1) is 8.83. The molecule has 1 saturated carbocycles. The van der Waals surface area contributed by atoms with E-state index in [-0.39, 0.29) is 11.8 Å². The number of hydroxylamine groups is 1. The summed E-state index contributed by atoms with van der Waals surface area (Å²) in [5.74, 6) is 0.171. The zero-order valence-electron chi connectivity index (χ0n) is 10.1. The summed E-state index contributed by atoms with van der Waals surface area (Å²) in [6.45, 7) is 0.368. The van der Waals surface area contributed by atoms with Crippen molar-refractivity contribution in [3.8, 4) is 0 Å². The Morgan fingerprint density at radius 1 is 1.39 bits per heavy atom. The zero-order chi connectivity index (χ0) is 12.4. The van der Waals surface area contributed by atoms with Crippen LogP contribution in [0.15, 0.2) is 30.3 Å². The second kappa shape index (κ2) is 4.82. The van der Waals surface area contributed by atoms with Crippen LogP contribution in [0.25, 0.3) is 10.9 Å². The third-order valence-electron chi connectivity index (χ3n) is 3.46. The number of aromatic amines is 1. The fraction of sp³-hybridized carbons (Fsp3) is 0.357. The summed E-state index contributed by atoms with van der Waals surface area (Å²) in [6.07, 6.45) is 3.13. The number of para-hydroxylation sites is 1. The SMILES string of the molecule is O=C(NOCc1cc2ccccc2[nH]1)C1CCC1. The number of hydrogen-bond acceptors (Lipinski definition) is 2. The minimum atomic E-state index is 0.0114. The van der Waals surface area contributed by atoms with Crippen LogP contribution < -0.4 is 5.48 Å². The largest absolute Gasteiger partial charge is 0.356 e. The maximum absolute atomic E-state index is 11.5. The van der Waals surface area contributed by atoms with Gasteiger partial charge in [0.2, 0.25) is 5.91 Å². The summed E-state index contributed by atoms with van der Waals surface area (Å²) in [4.78, 5) is 20.0. The van der Waals surface area contributed by atoms with Gasteiger partial charge in [-0.3, -0.25) is 9.63 Å². The molecule has 0 saturated heterocycles. The number of H-pyrrole nitrogens is 1. The minimum Gasteiger partial charge on any atom is -0.356 e. The first kappa shape index (κ1) is 11.3. The molecule has 1 amide bonds. The molecule has 1 aromatic carbocycles. The van der Waals surface area contributed by atoms with E-state index in [0.29, 0.717) is 6.61 Å². The maximum Gasteiger partial charge on any atom is 0.246 e. The molecule has 1 heterocycles. The van der Waals surface area contributed by atoms with Gasteiger partial charge in [-0.05, 0) is 30.4 Å². The number of rotatable bonds is 4. The van der Waals surface area contributed by atoms with Crippen LogP contribution >= 0.6 is 0 Å². The number of nitrogens with one attached hydrogen (secondary N) is 2. The summed E-state index contributed by atoms with van der Waals surface area (Å²) in [5, 5.41) is 1.15. The Labute approximate surface area is 105 Å². The molecule has 0 spiro atoms. The maximum atomic E-state index is 11.5. The highest BCUT2D eigenvalue weighted by atomic mass is 16.6. The van der Waals surface area contributed by atoms with Gasteiger partial charge in [-0.25, -0.2) is 5.48 Å². The summed E-state index contributed by atoms with van der Waals surface area (Å²) < 4.78 is 0. The van der Waals surface area contributed by atoms with Gasteiger partial charge in [-0.15, -0.1) is 0 Å². The van der Waals surface area contributed by atoms with Crippen LogP contribution in [0.1, 0.15) is 25.0 Å². The van der Waals surface area contributed by atoms with Crippen LogP contribution in [-0.4, -0.2) is 10.9 Å². The van der Waals surface area contributed by atoms with Gasteiger partial charge in [0.15, 0.2) is 0 Å². The van der Waals surface area contributed by atoms with Gasteiger partial charge >= 0.3 is 0 Å². The van der Waals surface area contributed by atoms with Crippen molar-refractivity contribution in [2.75, 3.05) is 0 Å². The fourth-order valence-electron chi connectivity index (χ4n) is 2.15. The molecule has 1 aliphatic rings. The molecule has 1 aliphatic carbocycles. The highest BCUT2D eigenvalue weighted by molar-refractivity contribution is 5.80. The second-order valence-corrected chi connectivity index (χ2v) is 4.76. The smallest absolute Gasteiger partial charge is 0.246 e. The number of carbonyl (C=O) groups excluding carboxylic acids is 1. The normalized spacial score (nSPS) is 15.6. The van der Waals surface area contributed by atoms with E-state index in [1.165, 1.54) is 0 Å². The molecule has 1 aromatic heterocycles. The molecule has 18 heavy (non-hydrogen) atoms. The van der Waals surface area contributed by atoms with Crippen molar-refractivity contribution in [1.82, 2.24) is 10.5 Å². The molecule has 0 radical (unpaired) electrons. The minimum absolute atomic E-state index is 0.0114. The van der Waals surface area contributed by atoms with Crippen LogP contribution in [0.2, 0.25) is 0 Å². The number of aromatic nitrogens is 1. The third-order valence-corrected chi connectivity index (χ3v) is 3.46. The number of benzene rings is 1. The average Bonchev–Trinajstić information content (AvgIpc) is 2.69. The Morgan fingerprint density at radius 2 is 2.22 bits per heavy atom. The summed E-state index contributed by atoms with van der Waals surface area (Å²) in [6, 6.07) is 10.1. The van der Waals surface area contributed by atoms with E-state index in [1.807, 2.05) is 30.3 Å². The number of hydrogen-bond donors (Lipinski definition) is 2. The van der Waals surface area contributed by atoms with Crippen molar-refractivity contribution in [2.24, 2.45) is 5.92 Å². The molecular formula is C14H16N2O2. The molecule has 4 heteroatoms. The number of carbonyl (C=O) groups is 1. The first-order valence-electron chi connectivity index (χ1n) is 6.31. The van der Waals surface area contributed by atoms with Gasteiger partial charge in [0.1, 0.15) is 6.61 Å². The molecule has 94 valence electrons. The van der Waals surface area contributed by atoms with E-state index >= 15 is 0 Å². The number of fused-ring (bicyclic) bond motifs is 1. The quantitative estimate of drug-likeness (QED) is 0.812. The average molecular weight is 244 g/mol. The van der Waals surface area contributed by atoms with Crippen molar-refractivity contribution in [3.63, 3.8) is 0 Å². The lowest BCUT2D eigenvalue weighted by atomic mass is 9.85. The molecule has 1 fully saturated rings. The highest BCUT2D eigenvalue weighted by Gasteiger charge is 2.25. The Morgan fingerprint density at radius 3 is 2.94 bits per heavy atom. The molecular weight excluding hydrogens is 228 g/mol. The predicted molar refractivity (Wildman–Crippen MR) is 68.6 cm³/mol. The van der Waals surface area contributed by atoms with E-state index in [4.69, 9.17) is 4.84 Å². The molecule has 4 nitrogen and oxygen atoms in total. The van der Waals surface area contributed by atoms with E-state index in [2.05, 4.69) is 10.5 Å². The van der Waals surface area contributed by atoms with Crippen LogP contribution in [0, 0.1) is 5.92 Å². The Kier molecular flexibility index (Phi) is 3.02. The van der Waals surface area contributed by atoms with Crippen molar-refractivity contribution < 1.29 is 9.63 Å². The Balaban J connectivity index is 1.54. The Hall–Kier alpha value is -1.81. The lowest BCUT2D eigenvalue weighted by molar-refractivity contribution is -0.141. The molecule has 2 N–H and O–H groups in total. The van der Waals surface area contributed by atoms with Gasteiger partial charge in [-0.1, -0.05) is 24.6 Å². The van der Waals surface area contributed by atoms with Crippen molar-refractivity contribution >= 4 is 16.8 Å². The summed E-state index contributed by atoms with van der Waals surface area (Å²) in [7, 11) is 0. The lowest BCUT2D eigenvalue weighted by Crippen LogP contribution is -2.34. The van der Waals surface area contributed by atoms with Gasteiger partial charge in [-0.2, -0.15) is 0 Å². The topological polar surface area (TPSA) is 54.1 Å². The van der Waals surface area contributed by atoms with Crippen molar-refractivity contribution in [3.05, 3.63) is 36.0 Å². The lowest BCUT2D eigenvalue weighted by Gasteiger charge is -2.23. The molecule has 3 rings (SSSR count). The van der Waals surface area contributed by atoms with Gasteiger partial charge in [0, 0.05) is 17.1 Å². The van der Waals surface area contributed by atoms with Crippen molar-refractivity contribution in [2.45, 2.75) is 25.9 Å². The van der Waals surface area contributed by atoms with Gasteiger partial charge < -0.3 is 4.98 Å². The fourth-order valence-corrected chi connectivity index (χ4v) is 2.15. The van der Waals surface area contributed by atoms with Crippen molar-refractivity contribution in [1.29, 1.82) is 0 Å². The Bertz CT molecular complexity index is 525. The predicted octanol–water partition coefficient (Wildman–Crippen LogP) is 2.52. The van der Waals surface area contributed by atoms with E-state index in [9.17, 15) is 4.79 Å². The number of amides is 1. The molecule has 0 atom stereocenters. The highest BCUT2D eigenvalue weighted by Crippen LogP contribution is 2.26. The van der Waals surface area contributed by atoms with Gasteiger partial charge in [0.05, 0.1) is 0 Å². The van der Waals surface area contributed by atoms with Gasteiger partial charge in [0.25, 0.3) is 0 Å². The molecule has 2 aromatic rings. The summed E-state index contributed by atoms with van der Waals surface area (Å²) >= 11 is 0. The van der Waals surface area contributed by atoms with E-state index in [0.717, 1.165) is 35.9 Å². The third kappa shape index (κ3) is 2.24. The van der Waals surface area contributed by atoms with E-state index in [1.54, 1.807) is 0 Å². The van der Waals surface area contributed by atoms with Crippen LogP contribution in [0.3, 0.4) is 0 Å². The molecule has 0 aliphatic heterocycles. The van der Waals surface area contributed by atoms with Crippen LogP contribution in [-0.2, 0) is 16.2 Å². The standard InChI is InChI=1S/C14H16N2O2/c17-14(10-5-3-6-10)16-18-9-12-8-11-4-1-2-7-13(11)15-12/h1-2,4,7-8,10,15H,3,5-6,9H2,(H,16,17). The molecule has 0 unspecified atom stereocenters. The first-order valence-corrected chi connectivity index (χ1v) is 6.31. The summed E-state index contributed by atoms with van der Waals surface area (Å²) in [5.41, 5.74) is 4.57. The van der Waals surface area contributed by atoms with Crippen LogP contribution in [0.4, 0.5) is 0 Å². The van der Waals surface area contributed by atoms with Crippen LogP contribution in [0.5, 0.6) is 0 Å². The second-order valence-electron chi connectivity index (χ2n) is 4.76.